The van der Waals surface area contributed by atoms with Crippen LogP contribution in [-0.4, -0.2) is 102 Å². The Hall–Kier alpha value is -4.35. The van der Waals surface area contributed by atoms with Gasteiger partial charge in [-0.1, -0.05) is 33.6 Å². The fraction of sp³-hybridized carbons (Fsp3) is 0.707. The summed E-state index contributed by atoms with van der Waals surface area (Å²) in [5.41, 5.74) is -1.38. The number of amides is 4. The number of carbonyl (C=O) groups is 4. The zero-order valence-corrected chi connectivity index (χ0v) is 34.7. The number of halogens is 2. The summed E-state index contributed by atoms with van der Waals surface area (Å²) in [6.45, 7) is 5.14. The number of nitrogens with zero attached hydrogens (tertiary/aromatic N) is 3. The molecule has 4 amide bonds. The second-order valence-electron chi connectivity index (χ2n) is 18.5. The highest BCUT2D eigenvalue weighted by Crippen LogP contribution is 2.52. The maximum Gasteiger partial charge on any atom is 0.408 e. The van der Waals surface area contributed by atoms with Gasteiger partial charge in [-0.3, -0.25) is 19.1 Å². The van der Waals surface area contributed by atoms with Crippen LogP contribution in [0.2, 0.25) is 0 Å². The molecule has 3 N–H and O–H groups in total. The lowest BCUT2D eigenvalue weighted by Crippen LogP contribution is -2.60. The number of fused-ring (bicyclic) bond motifs is 9. The molecule has 59 heavy (non-hydrogen) atoms. The smallest absolute Gasteiger partial charge is 0.408 e. The van der Waals surface area contributed by atoms with E-state index in [-0.39, 0.29) is 36.8 Å². The molecule has 15 nitrogen and oxygen atoms in total. The minimum atomic E-state index is -4.14. The minimum absolute atomic E-state index is 0.139. The van der Waals surface area contributed by atoms with E-state index in [0.717, 1.165) is 44.9 Å². The molecule has 0 unspecified atom stereocenters. The fourth-order valence-electron chi connectivity index (χ4n) is 9.89. The van der Waals surface area contributed by atoms with Gasteiger partial charge in [-0.15, -0.1) is 0 Å². The van der Waals surface area contributed by atoms with Crippen LogP contribution in [0.1, 0.15) is 97.1 Å². The van der Waals surface area contributed by atoms with Gasteiger partial charge in [0.2, 0.25) is 34.1 Å². The number of alkyl halides is 2. The van der Waals surface area contributed by atoms with Crippen LogP contribution in [-0.2, 0) is 35.6 Å². The predicted octanol–water partition coefficient (Wildman–Crippen LogP) is 4.41. The third-order valence-corrected chi connectivity index (χ3v) is 15.2. The van der Waals surface area contributed by atoms with Crippen molar-refractivity contribution >= 4 is 44.9 Å². The van der Waals surface area contributed by atoms with Crippen molar-refractivity contribution in [1.82, 2.24) is 30.2 Å². The summed E-state index contributed by atoms with van der Waals surface area (Å²) in [5, 5.41) is 4.48. The Bertz CT molecular complexity index is 2120. The molecule has 4 aliphatic carbocycles. The van der Waals surface area contributed by atoms with Gasteiger partial charge < -0.3 is 29.7 Å². The Morgan fingerprint density at radius 3 is 2.46 bits per heavy atom. The second kappa shape index (κ2) is 15.6. The van der Waals surface area contributed by atoms with Gasteiger partial charge in [-0.2, -0.15) is 0 Å². The molecule has 9 atom stereocenters. The van der Waals surface area contributed by atoms with Crippen molar-refractivity contribution in [2.24, 2.45) is 29.1 Å². The lowest BCUT2D eigenvalue weighted by atomic mass is 9.82. The molecule has 8 rings (SSSR count). The number of aryl methyl sites for hydroxylation is 1. The number of hydrogen-bond donors (Lipinski definition) is 3. The summed E-state index contributed by atoms with van der Waals surface area (Å²) in [6, 6.07) is 2.77. The van der Waals surface area contributed by atoms with Gasteiger partial charge in [-0.05, 0) is 93.1 Å². The van der Waals surface area contributed by atoms with Crippen LogP contribution in [0.3, 0.4) is 0 Å². The number of ether oxygens (including phenoxy) is 3. The standard InChI is InChI=1S/C41H54F2N6O9S/c1-40(2,3)33-37(51)49-20-24(18-31(49)35(50)47-41(19-27(41)34(42)43)38(52)48-59(54,55)25-13-14-25)57-36-29(44-28-15-12-23(56-4)17-30(28)45-36)9-7-5-6-8-26-21-10-11-22(16-21)32(26)58-39(53)46-33/h12,15,17,21-22,24-27,31-34H,5-11,13-14,16,18-20H2,1-4H3,(H,46,53)(H,47,50)(H,48,52)/t21-,22+,24+,26-,27-,31-,32-,33+,41+/m0/s1. The van der Waals surface area contributed by atoms with Gasteiger partial charge in [0.05, 0.1) is 35.9 Å². The quantitative estimate of drug-likeness (QED) is 0.358. The first-order valence-corrected chi connectivity index (χ1v) is 22.5. The zero-order chi connectivity index (χ0) is 42.0. The lowest BCUT2D eigenvalue weighted by molar-refractivity contribution is -0.143. The maximum absolute atomic E-state index is 14.8. The number of hydrogen-bond acceptors (Lipinski definition) is 11. The Labute approximate surface area is 342 Å². The normalized spacial score (nSPS) is 32.6. The lowest BCUT2D eigenvalue weighted by Gasteiger charge is -2.36. The summed E-state index contributed by atoms with van der Waals surface area (Å²) >= 11 is 0. The van der Waals surface area contributed by atoms with Crippen LogP contribution < -0.4 is 24.8 Å². The van der Waals surface area contributed by atoms with Crippen LogP contribution >= 0.6 is 0 Å². The number of aromatic nitrogens is 2. The Balaban J connectivity index is 1.14. The molecule has 1 saturated heterocycles. The summed E-state index contributed by atoms with van der Waals surface area (Å²) in [5.74, 6) is -2.79. The third-order valence-electron chi connectivity index (χ3n) is 13.4. The number of nitrogens with one attached hydrogen (secondary N) is 3. The molecule has 0 spiro atoms. The molecule has 1 aromatic carbocycles. The van der Waals surface area contributed by atoms with Crippen LogP contribution in [0.15, 0.2) is 18.2 Å². The van der Waals surface area contributed by atoms with Gasteiger partial charge in [-0.25, -0.2) is 32.0 Å². The van der Waals surface area contributed by atoms with Gasteiger partial charge >= 0.3 is 6.09 Å². The molecule has 322 valence electrons. The van der Waals surface area contributed by atoms with E-state index >= 15 is 0 Å². The van der Waals surface area contributed by atoms with E-state index in [0.29, 0.717) is 47.7 Å². The van der Waals surface area contributed by atoms with Crippen LogP contribution in [0, 0.1) is 29.1 Å². The molecular formula is C41H54F2N6O9S. The summed E-state index contributed by atoms with van der Waals surface area (Å²) < 4.78 is 74.0. The summed E-state index contributed by atoms with van der Waals surface area (Å²) in [6.07, 6.45) is 2.20. The second-order valence-corrected chi connectivity index (χ2v) is 20.5. The molecule has 2 aliphatic heterocycles. The number of rotatable bonds is 7. The molecule has 4 saturated carbocycles. The molecule has 0 radical (unpaired) electrons. The van der Waals surface area contributed by atoms with Crippen molar-refractivity contribution in [2.75, 3.05) is 13.7 Å². The van der Waals surface area contributed by atoms with Crippen molar-refractivity contribution in [3.8, 4) is 11.6 Å². The first-order chi connectivity index (χ1) is 28.0. The third kappa shape index (κ3) is 8.26. The molecule has 1 aromatic heterocycles. The number of alkyl carbamates (subject to hydrolysis) is 1. The number of benzene rings is 1. The average molecular weight is 845 g/mol. The van der Waals surface area contributed by atoms with Crippen molar-refractivity contribution in [1.29, 1.82) is 0 Å². The first-order valence-electron chi connectivity index (χ1n) is 20.9. The number of methoxy groups -OCH3 is 1. The van der Waals surface area contributed by atoms with E-state index in [4.69, 9.17) is 24.2 Å². The van der Waals surface area contributed by atoms with Crippen LogP contribution in [0.4, 0.5) is 13.6 Å². The topological polar surface area (TPSA) is 195 Å². The van der Waals surface area contributed by atoms with E-state index in [9.17, 15) is 36.4 Å². The highest BCUT2D eigenvalue weighted by molar-refractivity contribution is 7.91. The monoisotopic (exact) mass is 844 g/mol. The molecule has 6 aliphatic rings. The zero-order valence-electron chi connectivity index (χ0n) is 33.9. The molecule has 5 fully saturated rings. The molecule has 2 aromatic rings. The highest BCUT2D eigenvalue weighted by atomic mass is 32.2. The number of carbonyl (C=O) groups excluding carboxylic acids is 4. The largest absolute Gasteiger partial charge is 0.497 e. The van der Waals surface area contributed by atoms with E-state index in [1.54, 1.807) is 32.9 Å². The van der Waals surface area contributed by atoms with Crippen LogP contribution in [0.25, 0.3) is 11.0 Å². The predicted molar refractivity (Wildman–Crippen MR) is 209 cm³/mol. The highest BCUT2D eigenvalue weighted by Gasteiger charge is 2.67. The first kappa shape index (κ1) is 41.4. The SMILES string of the molecule is COc1ccc2nc3c(nc2c1)O[C@@H]1C[C@@H](C(=O)N[C@]2(C(=O)NS(=O)(=O)C4CC4)C[C@H]2C(F)F)N(C1)C(=O)[C@H](C(C)(C)C)NC(=O)O[C@H]1[C@@H]2CC[C@@H](C2)[C@@H]1CCCCC3. The van der Waals surface area contributed by atoms with Gasteiger partial charge in [0.25, 0.3) is 5.91 Å². The molecule has 18 heteroatoms. The minimum Gasteiger partial charge on any atom is -0.497 e. The van der Waals surface area contributed by atoms with Crippen LogP contribution in [0.5, 0.6) is 11.6 Å². The number of sulfonamides is 1. The molecule has 3 heterocycles. The van der Waals surface area contributed by atoms with Crippen molar-refractivity contribution in [3.05, 3.63) is 23.9 Å². The summed E-state index contributed by atoms with van der Waals surface area (Å²) in [4.78, 5) is 67.4. The molecular weight excluding hydrogens is 791 g/mol. The fourth-order valence-corrected chi connectivity index (χ4v) is 11.3. The maximum atomic E-state index is 14.8. The van der Waals surface area contributed by atoms with E-state index < -0.39 is 87.0 Å². The van der Waals surface area contributed by atoms with Crippen molar-refractivity contribution in [2.45, 2.75) is 139 Å². The van der Waals surface area contributed by atoms with Crippen molar-refractivity contribution in [3.63, 3.8) is 0 Å². The Morgan fingerprint density at radius 1 is 1.00 bits per heavy atom. The van der Waals surface area contributed by atoms with Gasteiger partial charge in [0.1, 0.15) is 41.3 Å². The van der Waals surface area contributed by atoms with E-state index in [1.165, 1.54) is 12.0 Å². The average Bonchev–Trinajstić information content (AvgIpc) is 4.04. The summed E-state index contributed by atoms with van der Waals surface area (Å²) in [7, 11) is -2.60. The van der Waals surface area contributed by atoms with E-state index in [2.05, 4.69) is 10.6 Å². The van der Waals surface area contributed by atoms with Gasteiger partial charge in [0, 0.05) is 12.5 Å². The Kier molecular flexibility index (Phi) is 10.9. The van der Waals surface area contributed by atoms with Crippen molar-refractivity contribution < 1.29 is 50.6 Å². The Morgan fingerprint density at radius 2 is 1.76 bits per heavy atom. The molecule has 4 bridgehead atoms. The van der Waals surface area contributed by atoms with Gasteiger partial charge in [0.15, 0.2) is 0 Å². The van der Waals surface area contributed by atoms with E-state index in [1.807, 2.05) is 10.8 Å².